The smallest absolute Gasteiger partial charge is 0.425 e. The fourth-order valence-corrected chi connectivity index (χ4v) is 10.2. The first-order chi connectivity index (χ1) is 27.8. The van der Waals surface area contributed by atoms with Crippen molar-refractivity contribution in [2.24, 2.45) is 22.7 Å². The number of halogens is 1. The van der Waals surface area contributed by atoms with Gasteiger partial charge in [0, 0.05) is 48.8 Å². The maximum atomic E-state index is 17.0. The molecule has 0 aliphatic carbocycles. The summed E-state index contributed by atoms with van der Waals surface area (Å²) < 4.78 is 48.3. The quantitative estimate of drug-likeness (QED) is 0.250. The Morgan fingerprint density at radius 2 is 1.78 bits per heavy atom. The average molecular weight is 826 g/mol. The number of hydrazine groups is 1. The van der Waals surface area contributed by atoms with Gasteiger partial charge < -0.3 is 33.7 Å². The zero-order valence-electron chi connectivity index (χ0n) is 36.5. The molecular weight excluding hydrogens is 762 g/mol. The monoisotopic (exact) mass is 825 g/mol. The van der Waals surface area contributed by atoms with E-state index in [1.807, 2.05) is 63.0 Å². The van der Waals surface area contributed by atoms with Gasteiger partial charge in [0.1, 0.15) is 24.9 Å². The first-order valence-corrected chi connectivity index (χ1v) is 21.1. The van der Waals surface area contributed by atoms with Gasteiger partial charge >= 0.3 is 12.1 Å². The van der Waals surface area contributed by atoms with Crippen LogP contribution >= 0.6 is 0 Å². The molecule has 15 heteroatoms. The Morgan fingerprint density at radius 1 is 1.05 bits per heavy atom. The number of aliphatic hydroxyl groups excluding tert-OH is 1. The number of esters is 1. The summed E-state index contributed by atoms with van der Waals surface area (Å²) in [5, 5.41) is 16.1. The van der Waals surface area contributed by atoms with Gasteiger partial charge in [-0.25, -0.2) is 19.0 Å². The summed E-state index contributed by atoms with van der Waals surface area (Å²) in [4.78, 5) is 54.2. The van der Waals surface area contributed by atoms with E-state index < -0.39 is 77.2 Å². The van der Waals surface area contributed by atoms with Crippen LogP contribution < -0.4 is 0 Å². The number of ether oxygens (including phenoxy) is 5. The highest BCUT2D eigenvalue weighted by Gasteiger charge is 2.63. The van der Waals surface area contributed by atoms with Crippen LogP contribution in [-0.2, 0) is 39.7 Å². The molecule has 3 saturated heterocycles. The van der Waals surface area contributed by atoms with Crippen LogP contribution in [0.2, 0.25) is 0 Å². The van der Waals surface area contributed by atoms with E-state index in [1.54, 1.807) is 32.0 Å². The number of hydrogen-bond donors (Lipinski definition) is 1. The zero-order chi connectivity index (χ0) is 43.2. The summed E-state index contributed by atoms with van der Waals surface area (Å²) in [6.07, 6.45) is -1.46. The Hall–Kier alpha value is -3.60. The highest BCUT2D eigenvalue weighted by Crippen LogP contribution is 2.45. The molecular formula is C44H64FN5O9. The van der Waals surface area contributed by atoms with E-state index in [9.17, 15) is 19.5 Å². The van der Waals surface area contributed by atoms with Gasteiger partial charge in [-0.05, 0) is 97.5 Å². The number of ketones is 1. The van der Waals surface area contributed by atoms with Crippen molar-refractivity contribution in [3.8, 4) is 0 Å². The number of pyridine rings is 1. The number of hydrogen-bond acceptors (Lipinski definition) is 13. The summed E-state index contributed by atoms with van der Waals surface area (Å²) in [7, 11) is 5.21. The lowest BCUT2D eigenvalue weighted by Crippen LogP contribution is -2.62. The number of alkyl halides is 1. The van der Waals surface area contributed by atoms with E-state index in [-0.39, 0.29) is 37.6 Å². The van der Waals surface area contributed by atoms with Gasteiger partial charge in [0.15, 0.2) is 17.7 Å². The SMILES string of the molecule is CC[C@@H]1OC(=O)C(C)(F)C(=O)[C@H](C)[C@@H](O[C@@H]2O[C@H](C)C[C@H](N(C)C)[C@H]2O)[C@@](C)(OC)C[C@@H](C)C2=NCN(CCCc3cccc4ncccc34)N3C(=O)O[C@@]1(C)[C@H]3[C@@H]2C. The molecule has 1 aromatic heterocycles. The fraction of sp³-hybridized carbons (Fsp3) is 0.705. The van der Waals surface area contributed by atoms with E-state index in [2.05, 4.69) is 17.1 Å². The third-order valence-electron chi connectivity index (χ3n) is 13.4. The van der Waals surface area contributed by atoms with Crippen LogP contribution in [0, 0.1) is 17.8 Å². The molecule has 1 aromatic carbocycles. The number of likely N-dealkylation sites (N-methyl/N-ethyl adjacent to an activating group) is 1. The number of nitrogens with zero attached hydrogens (tertiary/aromatic N) is 5. The normalized spacial score (nSPS) is 38.8. The summed E-state index contributed by atoms with van der Waals surface area (Å²) in [6.45, 7) is 14.1. The van der Waals surface area contributed by atoms with Crippen LogP contribution in [0.15, 0.2) is 41.5 Å². The van der Waals surface area contributed by atoms with E-state index in [1.165, 1.54) is 14.0 Å². The topological polar surface area (TPSA) is 153 Å². The number of fused-ring (bicyclic) bond motifs is 2. The van der Waals surface area contributed by atoms with Crippen molar-refractivity contribution in [2.75, 3.05) is 34.4 Å². The highest BCUT2D eigenvalue weighted by atomic mass is 19.1. The number of aliphatic imine (C=N–C) groups is 1. The van der Waals surface area contributed by atoms with Gasteiger partial charge in [0.2, 0.25) is 0 Å². The van der Waals surface area contributed by atoms with Gasteiger partial charge in [-0.15, -0.1) is 0 Å². The number of aliphatic hydroxyl groups is 1. The maximum absolute atomic E-state index is 17.0. The Morgan fingerprint density at radius 3 is 2.46 bits per heavy atom. The van der Waals surface area contributed by atoms with Crippen molar-refractivity contribution in [3.05, 3.63) is 42.1 Å². The molecule has 6 rings (SSSR count). The molecule has 3 fully saturated rings. The number of cyclic esters (lactones) is 1. The summed E-state index contributed by atoms with van der Waals surface area (Å²) in [5.41, 5.74) is -3.08. The molecule has 1 unspecified atom stereocenters. The minimum absolute atomic E-state index is 0.145. The molecule has 0 radical (unpaired) electrons. The van der Waals surface area contributed by atoms with Crippen LogP contribution in [-0.4, -0.2) is 143 Å². The van der Waals surface area contributed by atoms with Crippen LogP contribution in [0.5, 0.6) is 0 Å². The van der Waals surface area contributed by atoms with Crippen LogP contribution in [0.4, 0.5) is 9.18 Å². The second-order valence-corrected chi connectivity index (χ2v) is 17.9. The number of carbonyl (C=O) groups is 3. The molecule has 0 spiro atoms. The van der Waals surface area contributed by atoms with Crippen LogP contribution in [0.1, 0.15) is 86.6 Å². The van der Waals surface area contributed by atoms with Crippen LogP contribution in [0.25, 0.3) is 10.9 Å². The fourth-order valence-electron chi connectivity index (χ4n) is 10.2. The molecule has 1 N–H and O–H groups in total. The van der Waals surface area contributed by atoms with E-state index in [4.69, 9.17) is 28.7 Å². The van der Waals surface area contributed by atoms with Gasteiger partial charge in [0.05, 0.1) is 23.3 Å². The molecule has 2 aromatic rings. The number of rotatable bonds is 9. The first kappa shape index (κ1) is 44.9. The predicted octanol–water partition coefficient (Wildman–Crippen LogP) is 5.52. The molecule has 326 valence electrons. The number of methoxy groups -OCH3 is 1. The third-order valence-corrected chi connectivity index (χ3v) is 13.4. The first-order valence-electron chi connectivity index (χ1n) is 21.1. The van der Waals surface area contributed by atoms with Gasteiger partial charge in [-0.2, -0.15) is 5.01 Å². The lowest BCUT2D eigenvalue weighted by Gasteiger charge is -2.47. The number of amides is 1. The standard InChI is InChI=1S/C44H64FN5O9/c1-12-33-44(8)36-27(4)34(47-24-49(50(36)41(54)59-44)21-15-17-29-16-13-19-31-30(29)18-14-20-46-31)25(2)23-42(6,55-11)38(28(5)37(52)43(7,45)40(53)57-33)58-39-35(51)32(48(9)10)22-26(3)56-39/h13-14,16,18-20,25-28,32-33,35-36,38-39,51H,12,15,17,21-24H2,1-11H3/t25-,26-,27-,28+,32+,33+,35-,36-,38-,39+,42+,43?,44-/m1/s1. The minimum Gasteiger partial charge on any atom is -0.455 e. The van der Waals surface area contributed by atoms with Gasteiger partial charge in [-0.1, -0.05) is 45.9 Å². The van der Waals surface area contributed by atoms with Crippen LogP contribution in [0.3, 0.4) is 0 Å². The molecule has 0 saturated carbocycles. The molecule has 59 heavy (non-hydrogen) atoms. The van der Waals surface area contributed by atoms with Crippen molar-refractivity contribution < 1.29 is 47.6 Å². The summed E-state index contributed by atoms with van der Waals surface area (Å²) in [5.74, 6) is -4.53. The molecule has 5 heterocycles. The van der Waals surface area contributed by atoms with Crippen molar-refractivity contribution in [1.82, 2.24) is 19.9 Å². The molecule has 14 nitrogen and oxygen atoms in total. The van der Waals surface area contributed by atoms with E-state index in [0.29, 0.717) is 25.8 Å². The van der Waals surface area contributed by atoms with Crippen molar-refractivity contribution in [1.29, 1.82) is 0 Å². The largest absolute Gasteiger partial charge is 0.455 e. The second kappa shape index (κ2) is 17.4. The molecule has 4 aliphatic heterocycles. The average Bonchev–Trinajstić information content (AvgIpc) is 3.37. The Balaban J connectivity index is 1.40. The number of aryl methyl sites for hydroxylation is 1. The zero-order valence-corrected chi connectivity index (χ0v) is 36.5. The number of aromatic nitrogens is 1. The second-order valence-electron chi connectivity index (χ2n) is 17.9. The summed E-state index contributed by atoms with van der Waals surface area (Å²) in [6, 6.07) is 8.98. The highest BCUT2D eigenvalue weighted by molar-refractivity contribution is 6.08. The molecule has 2 bridgehead atoms. The maximum Gasteiger partial charge on any atom is 0.425 e. The van der Waals surface area contributed by atoms with E-state index in [0.717, 1.165) is 29.1 Å². The lowest BCUT2D eigenvalue weighted by molar-refractivity contribution is -0.295. The minimum atomic E-state index is -3.13. The Labute approximate surface area is 347 Å². The third kappa shape index (κ3) is 8.39. The van der Waals surface area contributed by atoms with Crippen molar-refractivity contribution in [3.63, 3.8) is 0 Å². The Kier molecular flexibility index (Phi) is 13.3. The van der Waals surface area contributed by atoms with Gasteiger partial charge in [0.25, 0.3) is 5.67 Å². The molecule has 1 amide bonds. The van der Waals surface area contributed by atoms with E-state index >= 15 is 4.39 Å². The molecule has 13 atom stereocenters. The molecule has 4 aliphatic rings. The number of Topliss-reactive ketones (excluding diaryl/α,β-unsaturated/α-hetero) is 1. The van der Waals surface area contributed by atoms with Crippen molar-refractivity contribution >= 4 is 34.5 Å². The predicted molar refractivity (Wildman–Crippen MR) is 219 cm³/mol. The van der Waals surface area contributed by atoms with Gasteiger partial charge in [-0.3, -0.25) is 14.8 Å². The number of carbonyl (C=O) groups excluding carboxylic acids is 3. The number of benzene rings is 1. The van der Waals surface area contributed by atoms with Crippen molar-refractivity contribution in [2.45, 2.75) is 147 Å². The lowest BCUT2D eigenvalue weighted by atomic mass is 9.73. The Bertz CT molecular complexity index is 1890. The summed E-state index contributed by atoms with van der Waals surface area (Å²) >= 11 is 0.